The number of allylic oxidation sites excluding steroid dienone is 2. The fourth-order valence-corrected chi connectivity index (χ4v) is 3.96. The predicted molar refractivity (Wildman–Crippen MR) is 74.8 cm³/mol. The lowest BCUT2D eigenvalue weighted by Gasteiger charge is -2.36. The van der Waals surface area contributed by atoms with Crippen molar-refractivity contribution in [3.8, 4) is 0 Å². The Labute approximate surface area is 120 Å². The molecule has 3 aliphatic rings. The summed E-state index contributed by atoms with van der Waals surface area (Å²) < 4.78 is 5.14. The van der Waals surface area contributed by atoms with Crippen LogP contribution in [-0.4, -0.2) is 36.0 Å². The van der Waals surface area contributed by atoms with E-state index >= 15 is 0 Å². The quantitative estimate of drug-likeness (QED) is 0.586. The van der Waals surface area contributed by atoms with Crippen LogP contribution >= 0.6 is 0 Å². The van der Waals surface area contributed by atoms with Crippen molar-refractivity contribution in [2.75, 3.05) is 13.2 Å². The molecule has 1 saturated heterocycles. The average molecular weight is 277 g/mol. The Morgan fingerprint density at radius 1 is 1.25 bits per heavy atom. The summed E-state index contributed by atoms with van der Waals surface area (Å²) in [4.78, 5) is 26.7. The first-order valence-electron chi connectivity index (χ1n) is 7.86. The first kappa shape index (κ1) is 13.7. The van der Waals surface area contributed by atoms with E-state index in [2.05, 4.69) is 12.2 Å². The number of fused-ring (bicyclic) bond motifs is 2. The zero-order valence-electron chi connectivity index (χ0n) is 12.1. The van der Waals surface area contributed by atoms with Crippen LogP contribution in [0.5, 0.6) is 0 Å². The molecule has 1 aliphatic heterocycles. The highest BCUT2D eigenvalue weighted by Crippen LogP contribution is 2.44. The number of hydrogen-bond donors (Lipinski definition) is 0. The second-order valence-electron chi connectivity index (χ2n) is 6.18. The summed E-state index contributed by atoms with van der Waals surface area (Å²) >= 11 is 0. The Balaban J connectivity index is 1.71. The SMILES string of the molecule is CCOC(=O)C1CCCCN1C(=O)C1CC2C=CC1C2. The van der Waals surface area contributed by atoms with E-state index in [0.29, 0.717) is 25.0 Å². The second kappa shape index (κ2) is 5.58. The number of esters is 1. The molecule has 4 atom stereocenters. The van der Waals surface area contributed by atoms with Gasteiger partial charge in [-0.3, -0.25) is 4.79 Å². The van der Waals surface area contributed by atoms with Crippen LogP contribution in [0.3, 0.4) is 0 Å². The number of likely N-dealkylation sites (tertiary alicyclic amines) is 1. The van der Waals surface area contributed by atoms with Crippen LogP contribution in [-0.2, 0) is 14.3 Å². The molecule has 1 amide bonds. The Kier molecular flexibility index (Phi) is 3.81. The molecule has 3 rings (SSSR count). The maximum atomic E-state index is 12.8. The highest BCUT2D eigenvalue weighted by Gasteiger charge is 2.44. The maximum Gasteiger partial charge on any atom is 0.328 e. The highest BCUT2D eigenvalue weighted by molar-refractivity contribution is 5.86. The molecule has 0 radical (unpaired) electrons. The Bertz CT molecular complexity index is 431. The van der Waals surface area contributed by atoms with Gasteiger partial charge in [0.2, 0.25) is 5.91 Å². The lowest BCUT2D eigenvalue weighted by atomic mass is 9.90. The maximum absolute atomic E-state index is 12.8. The first-order chi connectivity index (χ1) is 9.70. The number of nitrogens with zero attached hydrogens (tertiary/aromatic N) is 1. The van der Waals surface area contributed by atoms with Crippen molar-refractivity contribution in [1.29, 1.82) is 0 Å². The third-order valence-corrected chi connectivity index (χ3v) is 4.94. The van der Waals surface area contributed by atoms with Gasteiger partial charge in [0.05, 0.1) is 6.61 Å². The van der Waals surface area contributed by atoms with Crippen LogP contribution in [0.4, 0.5) is 0 Å². The van der Waals surface area contributed by atoms with Crippen molar-refractivity contribution >= 4 is 11.9 Å². The molecule has 4 unspecified atom stereocenters. The number of carbonyl (C=O) groups excluding carboxylic acids is 2. The standard InChI is InChI=1S/C16H23NO3/c1-2-20-16(19)14-5-3-4-8-17(14)15(18)13-10-11-6-7-12(13)9-11/h6-7,11-14H,2-5,8-10H2,1H3. The molecule has 1 heterocycles. The summed E-state index contributed by atoms with van der Waals surface area (Å²) in [6.07, 6.45) is 9.28. The van der Waals surface area contributed by atoms with E-state index in [1.807, 2.05) is 6.92 Å². The number of amides is 1. The Morgan fingerprint density at radius 2 is 2.10 bits per heavy atom. The summed E-state index contributed by atoms with van der Waals surface area (Å²) in [7, 11) is 0. The lowest BCUT2D eigenvalue weighted by molar-refractivity contribution is -0.158. The molecule has 0 spiro atoms. The fraction of sp³-hybridized carbons (Fsp3) is 0.750. The van der Waals surface area contributed by atoms with Crippen LogP contribution in [0, 0.1) is 17.8 Å². The molecule has 0 aromatic rings. The summed E-state index contributed by atoms with van der Waals surface area (Å²) in [5, 5.41) is 0. The number of ether oxygens (including phenoxy) is 1. The van der Waals surface area contributed by atoms with Gasteiger partial charge in [0, 0.05) is 12.5 Å². The highest BCUT2D eigenvalue weighted by atomic mass is 16.5. The first-order valence-corrected chi connectivity index (χ1v) is 7.86. The molecule has 4 heteroatoms. The van der Waals surface area contributed by atoms with Crippen LogP contribution in [0.15, 0.2) is 12.2 Å². The van der Waals surface area contributed by atoms with E-state index in [-0.39, 0.29) is 23.8 Å². The van der Waals surface area contributed by atoms with Gasteiger partial charge in [-0.15, -0.1) is 0 Å². The van der Waals surface area contributed by atoms with Gasteiger partial charge >= 0.3 is 5.97 Å². The van der Waals surface area contributed by atoms with Gasteiger partial charge in [0.1, 0.15) is 6.04 Å². The molecule has 20 heavy (non-hydrogen) atoms. The summed E-state index contributed by atoms with van der Waals surface area (Å²) in [6.45, 7) is 2.90. The molecule has 0 N–H and O–H groups in total. The third-order valence-electron chi connectivity index (χ3n) is 4.94. The summed E-state index contributed by atoms with van der Waals surface area (Å²) in [6, 6.07) is -0.348. The second-order valence-corrected chi connectivity index (χ2v) is 6.18. The molecule has 2 aliphatic carbocycles. The van der Waals surface area contributed by atoms with Crippen LogP contribution in [0.1, 0.15) is 39.0 Å². The van der Waals surface area contributed by atoms with Gasteiger partial charge in [-0.05, 0) is 50.9 Å². The van der Waals surface area contributed by atoms with Gasteiger partial charge in [-0.2, -0.15) is 0 Å². The minimum atomic E-state index is -0.348. The van der Waals surface area contributed by atoms with E-state index in [1.54, 1.807) is 4.90 Å². The van der Waals surface area contributed by atoms with Gasteiger partial charge in [0.15, 0.2) is 0 Å². The van der Waals surface area contributed by atoms with Gasteiger partial charge < -0.3 is 9.64 Å². The van der Waals surface area contributed by atoms with Crippen molar-refractivity contribution in [1.82, 2.24) is 4.90 Å². The molecule has 2 fully saturated rings. The predicted octanol–water partition coefficient (Wildman–Crippen LogP) is 2.14. The minimum absolute atomic E-state index is 0.0972. The zero-order valence-corrected chi connectivity index (χ0v) is 12.1. The van der Waals surface area contributed by atoms with E-state index in [1.165, 1.54) is 0 Å². The van der Waals surface area contributed by atoms with Gasteiger partial charge in [-0.25, -0.2) is 4.79 Å². The zero-order chi connectivity index (χ0) is 14.1. The normalized spacial score (nSPS) is 35.4. The molecule has 0 aromatic heterocycles. The number of rotatable bonds is 3. The molecule has 1 saturated carbocycles. The largest absolute Gasteiger partial charge is 0.464 e. The van der Waals surface area contributed by atoms with E-state index in [0.717, 1.165) is 32.1 Å². The van der Waals surface area contributed by atoms with E-state index in [4.69, 9.17) is 4.74 Å². The summed E-state index contributed by atoms with van der Waals surface area (Å²) in [5.74, 6) is 1.04. The van der Waals surface area contributed by atoms with Crippen molar-refractivity contribution < 1.29 is 14.3 Å². The van der Waals surface area contributed by atoms with E-state index < -0.39 is 0 Å². The Hall–Kier alpha value is -1.32. The monoisotopic (exact) mass is 277 g/mol. The minimum Gasteiger partial charge on any atom is -0.464 e. The molecule has 110 valence electrons. The van der Waals surface area contributed by atoms with Gasteiger partial charge in [0.25, 0.3) is 0 Å². The van der Waals surface area contributed by atoms with Crippen molar-refractivity contribution in [2.24, 2.45) is 17.8 Å². The molecule has 4 nitrogen and oxygen atoms in total. The Morgan fingerprint density at radius 3 is 2.75 bits per heavy atom. The fourth-order valence-electron chi connectivity index (χ4n) is 3.96. The number of carbonyl (C=O) groups is 2. The van der Waals surface area contributed by atoms with Crippen molar-refractivity contribution in [3.05, 3.63) is 12.2 Å². The lowest BCUT2D eigenvalue weighted by Crippen LogP contribution is -2.51. The smallest absolute Gasteiger partial charge is 0.328 e. The van der Waals surface area contributed by atoms with Crippen LogP contribution in [0.25, 0.3) is 0 Å². The molecule has 2 bridgehead atoms. The average Bonchev–Trinajstić information content (AvgIpc) is 3.09. The molecule has 0 aromatic carbocycles. The molecular formula is C16H23NO3. The number of hydrogen-bond acceptors (Lipinski definition) is 3. The van der Waals surface area contributed by atoms with Crippen molar-refractivity contribution in [3.63, 3.8) is 0 Å². The van der Waals surface area contributed by atoms with E-state index in [9.17, 15) is 9.59 Å². The van der Waals surface area contributed by atoms with Crippen LogP contribution in [0.2, 0.25) is 0 Å². The third kappa shape index (κ3) is 2.36. The topological polar surface area (TPSA) is 46.6 Å². The summed E-state index contributed by atoms with van der Waals surface area (Å²) in [5.41, 5.74) is 0. The molecular weight excluding hydrogens is 254 g/mol. The number of piperidine rings is 1. The van der Waals surface area contributed by atoms with Crippen molar-refractivity contribution in [2.45, 2.75) is 45.1 Å². The van der Waals surface area contributed by atoms with Gasteiger partial charge in [-0.1, -0.05) is 12.2 Å². The van der Waals surface area contributed by atoms with Crippen LogP contribution < -0.4 is 0 Å².